The molecule has 13 heteroatoms. The molecule has 0 saturated carbocycles. The number of aliphatic hydroxyl groups excluding tert-OH is 5. The number of urea groups is 1. The van der Waals surface area contributed by atoms with Crippen molar-refractivity contribution in [3.05, 3.63) is 10.1 Å². The highest BCUT2D eigenvalue weighted by Crippen LogP contribution is 2.25. The van der Waals surface area contributed by atoms with Gasteiger partial charge in [-0.2, -0.15) is 0 Å². The van der Waals surface area contributed by atoms with Crippen molar-refractivity contribution in [1.29, 1.82) is 0 Å². The maximum atomic E-state index is 11.7. The smallest absolute Gasteiger partial charge is 0.327 e. The molecule has 2 heterocycles. The first-order valence-electron chi connectivity index (χ1n) is 6.56. The predicted molar refractivity (Wildman–Crippen MR) is 68.0 cm³/mol. The predicted octanol–water partition coefficient (Wildman–Crippen LogP) is -5.13. The fourth-order valence-electron chi connectivity index (χ4n) is 2.61. The number of imide groups is 1. The number of nitro groups is 1. The Hall–Kier alpha value is -1.90. The number of rotatable bonds is 5. The molecule has 7 atom stereocenters. The molecular weight excluding hydrogens is 320 g/mol. The van der Waals surface area contributed by atoms with E-state index < -0.39 is 66.3 Å². The fourth-order valence-corrected chi connectivity index (χ4v) is 2.61. The Kier molecular flexibility index (Phi) is 4.79. The van der Waals surface area contributed by atoms with E-state index in [9.17, 15) is 40.1 Å². The number of hydrogen-bond donors (Lipinski definition) is 7. The Morgan fingerprint density at radius 2 is 1.91 bits per heavy atom. The van der Waals surface area contributed by atoms with E-state index in [0.29, 0.717) is 4.90 Å². The quantitative estimate of drug-likeness (QED) is 0.188. The van der Waals surface area contributed by atoms with Gasteiger partial charge in [-0.1, -0.05) is 0 Å². The Morgan fingerprint density at radius 1 is 1.30 bits per heavy atom. The zero-order chi connectivity index (χ0) is 17.5. The Labute approximate surface area is 128 Å². The summed E-state index contributed by atoms with van der Waals surface area (Å²) in [7, 11) is 0. The van der Waals surface area contributed by atoms with Gasteiger partial charge < -0.3 is 25.5 Å². The molecular formula is C10H16N4O9. The number of fused-ring (bicyclic) bond motifs is 1. The van der Waals surface area contributed by atoms with Gasteiger partial charge >= 0.3 is 18.0 Å². The second kappa shape index (κ2) is 6.31. The molecule has 0 aromatic rings. The Bertz CT molecular complexity index is 517. The largest absolute Gasteiger partial charge is 0.394 e. The van der Waals surface area contributed by atoms with E-state index in [4.69, 9.17) is 5.11 Å². The van der Waals surface area contributed by atoms with Crippen molar-refractivity contribution in [2.24, 2.45) is 0 Å². The van der Waals surface area contributed by atoms with Gasteiger partial charge in [-0.25, -0.2) is 4.79 Å². The molecule has 0 aromatic heterocycles. The Balaban J connectivity index is 2.26. The van der Waals surface area contributed by atoms with Crippen molar-refractivity contribution in [3.8, 4) is 0 Å². The number of nitrogens with zero attached hydrogens (tertiary/aromatic N) is 2. The minimum atomic E-state index is -1.93. The summed E-state index contributed by atoms with van der Waals surface area (Å²) in [5, 5.41) is 62.8. The lowest BCUT2D eigenvalue weighted by atomic mass is 10.0. The molecule has 0 radical (unpaired) electrons. The summed E-state index contributed by atoms with van der Waals surface area (Å²) in [4.78, 5) is 33.9. The third kappa shape index (κ3) is 2.85. The molecule has 13 nitrogen and oxygen atoms in total. The van der Waals surface area contributed by atoms with Crippen LogP contribution in [0.5, 0.6) is 0 Å². The van der Waals surface area contributed by atoms with Crippen LogP contribution in [0.15, 0.2) is 0 Å². The van der Waals surface area contributed by atoms with Crippen LogP contribution in [0.3, 0.4) is 0 Å². The van der Waals surface area contributed by atoms with Crippen molar-refractivity contribution in [2.45, 2.75) is 42.8 Å². The van der Waals surface area contributed by atoms with Crippen LogP contribution in [0.1, 0.15) is 0 Å². The summed E-state index contributed by atoms with van der Waals surface area (Å²) in [6.45, 7) is -0.884. The van der Waals surface area contributed by atoms with Crippen molar-refractivity contribution in [3.63, 3.8) is 0 Å². The van der Waals surface area contributed by atoms with E-state index in [1.807, 2.05) is 0 Å². The molecule has 0 aromatic carbocycles. The highest BCUT2D eigenvalue weighted by Gasteiger charge is 2.59. The van der Waals surface area contributed by atoms with Crippen molar-refractivity contribution < 1.29 is 40.0 Å². The molecule has 7 N–H and O–H groups in total. The van der Waals surface area contributed by atoms with Crippen molar-refractivity contribution >= 4 is 11.9 Å². The zero-order valence-corrected chi connectivity index (χ0v) is 11.5. The van der Waals surface area contributed by atoms with Crippen molar-refractivity contribution in [2.75, 3.05) is 6.61 Å². The number of carbonyl (C=O) groups is 2. The van der Waals surface area contributed by atoms with Crippen LogP contribution in [-0.2, 0) is 4.79 Å². The molecule has 23 heavy (non-hydrogen) atoms. The SMILES string of the molecule is O=C1NC(=O)N2C(O)C(C(O)C(O)C(O)CO)NC2C1[N+](=O)[O-]. The molecule has 2 rings (SSSR count). The maximum absolute atomic E-state index is 11.7. The molecule has 130 valence electrons. The van der Waals surface area contributed by atoms with Crippen LogP contribution < -0.4 is 10.6 Å². The molecule has 3 amide bonds. The standard InChI is InChI=1S/C10H16N4O9/c15-1-2(16)5(17)6(18)3-9(20)13-7(11-3)4(14(22)23)8(19)12-10(13)21/h2-7,9,11,15-18,20H,1H2,(H,12,19,21). The Morgan fingerprint density at radius 3 is 2.43 bits per heavy atom. The number of amides is 3. The van der Waals surface area contributed by atoms with Crippen LogP contribution in [0.25, 0.3) is 0 Å². The molecule has 0 aliphatic carbocycles. The second-order valence-corrected chi connectivity index (χ2v) is 5.21. The third-order valence-corrected chi connectivity index (χ3v) is 3.83. The topological polar surface area (TPSA) is 206 Å². The number of nitrogens with one attached hydrogen (secondary N) is 2. The number of aliphatic hydroxyl groups is 5. The fraction of sp³-hybridized carbons (Fsp3) is 0.800. The summed E-state index contributed by atoms with van der Waals surface area (Å²) in [6.07, 6.45) is -8.88. The molecule has 2 fully saturated rings. The normalized spacial score (nSPS) is 34.6. The van der Waals surface area contributed by atoms with Gasteiger partial charge in [0.1, 0.15) is 18.3 Å². The van der Waals surface area contributed by atoms with Gasteiger partial charge in [0.25, 0.3) is 0 Å². The highest BCUT2D eigenvalue weighted by atomic mass is 16.6. The minimum absolute atomic E-state index is 0.556. The number of hydrogen-bond acceptors (Lipinski definition) is 10. The average Bonchev–Trinajstić information content (AvgIpc) is 2.82. The molecule has 2 aliphatic heterocycles. The molecule has 2 saturated heterocycles. The van der Waals surface area contributed by atoms with E-state index >= 15 is 0 Å². The summed E-state index contributed by atoms with van der Waals surface area (Å²) in [5.74, 6) is -1.19. The van der Waals surface area contributed by atoms with Gasteiger partial charge in [-0.3, -0.25) is 30.4 Å². The first-order chi connectivity index (χ1) is 10.7. The van der Waals surface area contributed by atoms with Gasteiger partial charge in [0.2, 0.25) is 0 Å². The first kappa shape index (κ1) is 17.5. The lowest BCUT2D eigenvalue weighted by molar-refractivity contribution is -0.516. The highest BCUT2D eigenvalue weighted by molar-refractivity contribution is 6.00. The van der Waals surface area contributed by atoms with Crippen molar-refractivity contribution in [1.82, 2.24) is 15.5 Å². The van der Waals surface area contributed by atoms with Gasteiger partial charge in [0, 0.05) is 4.92 Å². The number of carbonyl (C=O) groups excluding carboxylic acids is 2. The van der Waals surface area contributed by atoms with E-state index in [-0.39, 0.29) is 0 Å². The first-order valence-corrected chi connectivity index (χ1v) is 6.56. The molecule has 2 aliphatic rings. The summed E-state index contributed by atoms with van der Waals surface area (Å²) in [6, 6.07) is -4.53. The maximum Gasteiger partial charge on any atom is 0.327 e. The molecule has 7 unspecified atom stereocenters. The second-order valence-electron chi connectivity index (χ2n) is 5.21. The van der Waals surface area contributed by atoms with Crippen LogP contribution in [-0.4, -0.2) is 96.7 Å². The van der Waals surface area contributed by atoms with E-state index in [0.717, 1.165) is 0 Å². The van der Waals surface area contributed by atoms with E-state index in [2.05, 4.69) is 5.32 Å². The van der Waals surface area contributed by atoms with E-state index in [1.165, 1.54) is 0 Å². The molecule has 0 spiro atoms. The van der Waals surface area contributed by atoms with Gasteiger partial charge in [0.05, 0.1) is 12.6 Å². The average molecular weight is 336 g/mol. The van der Waals surface area contributed by atoms with Crippen LogP contribution in [0.4, 0.5) is 4.79 Å². The van der Waals surface area contributed by atoms with Gasteiger partial charge in [0.15, 0.2) is 12.4 Å². The molecule has 0 bridgehead atoms. The van der Waals surface area contributed by atoms with Gasteiger partial charge in [-0.05, 0) is 0 Å². The van der Waals surface area contributed by atoms with Crippen LogP contribution >= 0.6 is 0 Å². The van der Waals surface area contributed by atoms with Crippen LogP contribution in [0, 0.1) is 10.1 Å². The van der Waals surface area contributed by atoms with Gasteiger partial charge in [-0.15, -0.1) is 0 Å². The van der Waals surface area contributed by atoms with E-state index in [1.54, 1.807) is 5.32 Å². The monoisotopic (exact) mass is 336 g/mol. The van der Waals surface area contributed by atoms with Crippen LogP contribution in [0.2, 0.25) is 0 Å². The minimum Gasteiger partial charge on any atom is -0.394 e. The summed E-state index contributed by atoms with van der Waals surface area (Å²) >= 11 is 0. The lowest BCUT2D eigenvalue weighted by Crippen LogP contribution is -2.66. The zero-order valence-electron chi connectivity index (χ0n) is 11.5. The lowest BCUT2D eigenvalue weighted by Gasteiger charge is -2.32. The third-order valence-electron chi connectivity index (χ3n) is 3.83. The summed E-state index contributed by atoms with van der Waals surface area (Å²) in [5.41, 5.74) is 0. The summed E-state index contributed by atoms with van der Waals surface area (Å²) < 4.78 is 0.